The molecule has 3 aromatic rings. The van der Waals surface area contributed by atoms with Crippen LogP contribution in [0, 0.1) is 6.92 Å². The van der Waals surface area contributed by atoms with Crippen LogP contribution in [0.1, 0.15) is 21.5 Å². The average Bonchev–Trinajstić information content (AvgIpc) is 2.75. The van der Waals surface area contributed by atoms with E-state index in [-0.39, 0.29) is 11.5 Å². The normalized spacial score (nSPS) is 15.3. The van der Waals surface area contributed by atoms with Crippen molar-refractivity contribution in [3.05, 3.63) is 87.8 Å². The molecule has 5 heteroatoms. The molecule has 2 heterocycles. The second-order valence-corrected chi connectivity index (χ2v) is 7.35. The Bertz CT molecular complexity index is 1090. The third-order valence-electron chi connectivity index (χ3n) is 5.32. The summed E-state index contributed by atoms with van der Waals surface area (Å²) < 4.78 is 5.43. The molecule has 0 radical (unpaired) electrons. The summed E-state index contributed by atoms with van der Waals surface area (Å²) in [7, 11) is 0. The SMILES string of the molecule is Cc1cccc2cc(C(=O)N3CCN(C/C=C/c4ccccc4)CC3)c(=O)oc12. The number of carbonyl (C=O) groups excluding carboxylic acids is 1. The fourth-order valence-electron chi connectivity index (χ4n) is 3.65. The van der Waals surface area contributed by atoms with E-state index >= 15 is 0 Å². The van der Waals surface area contributed by atoms with Gasteiger partial charge >= 0.3 is 5.63 Å². The zero-order valence-corrected chi connectivity index (χ0v) is 16.5. The third-order valence-corrected chi connectivity index (χ3v) is 5.32. The molecule has 29 heavy (non-hydrogen) atoms. The van der Waals surface area contributed by atoms with E-state index in [1.165, 1.54) is 5.56 Å². The van der Waals surface area contributed by atoms with Gasteiger partial charge in [-0.2, -0.15) is 0 Å². The Morgan fingerprint density at radius 2 is 1.79 bits per heavy atom. The van der Waals surface area contributed by atoms with Crippen molar-refractivity contribution in [3.63, 3.8) is 0 Å². The molecule has 0 unspecified atom stereocenters. The molecule has 148 valence electrons. The molecule has 0 spiro atoms. The van der Waals surface area contributed by atoms with Crippen molar-refractivity contribution >= 4 is 23.0 Å². The van der Waals surface area contributed by atoms with Crippen molar-refractivity contribution in [2.45, 2.75) is 6.92 Å². The number of rotatable bonds is 4. The predicted octanol–water partition coefficient (Wildman–Crippen LogP) is 3.57. The number of amides is 1. The number of para-hydroxylation sites is 1. The van der Waals surface area contributed by atoms with Crippen LogP contribution in [0.15, 0.2) is 69.9 Å². The van der Waals surface area contributed by atoms with Crippen molar-refractivity contribution < 1.29 is 9.21 Å². The Labute approximate surface area is 169 Å². The van der Waals surface area contributed by atoms with Crippen molar-refractivity contribution in [3.8, 4) is 0 Å². The number of hydrogen-bond donors (Lipinski definition) is 0. The Balaban J connectivity index is 1.39. The first-order valence-electron chi connectivity index (χ1n) is 9.88. The number of benzene rings is 2. The molecular weight excluding hydrogens is 364 g/mol. The lowest BCUT2D eigenvalue weighted by molar-refractivity contribution is 0.0646. The highest BCUT2D eigenvalue weighted by Crippen LogP contribution is 2.18. The summed E-state index contributed by atoms with van der Waals surface area (Å²) in [5.74, 6) is -0.248. The maximum atomic E-state index is 12.9. The number of piperazine rings is 1. The quantitative estimate of drug-likeness (QED) is 0.641. The van der Waals surface area contributed by atoms with Crippen LogP contribution in [0.4, 0.5) is 0 Å². The van der Waals surface area contributed by atoms with Gasteiger partial charge in [-0.1, -0.05) is 60.7 Å². The third kappa shape index (κ3) is 4.30. The first-order chi connectivity index (χ1) is 14.1. The highest BCUT2D eigenvalue weighted by molar-refractivity contribution is 5.97. The summed E-state index contributed by atoms with van der Waals surface area (Å²) in [5.41, 5.74) is 2.16. The fourth-order valence-corrected chi connectivity index (χ4v) is 3.65. The molecule has 0 bridgehead atoms. The summed E-state index contributed by atoms with van der Waals surface area (Å²) in [6, 6.07) is 17.5. The second kappa shape index (κ2) is 8.45. The fraction of sp³-hybridized carbons (Fsp3) is 0.250. The van der Waals surface area contributed by atoms with E-state index in [9.17, 15) is 9.59 Å². The van der Waals surface area contributed by atoms with E-state index < -0.39 is 5.63 Å². The van der Waals surface area contributed by atoms with Crippen molar-refractivity contribution in [1.82, 2.24) is 9.80 Å². The first kappa shape index (κ1) is 19.2. The van der Waals surface area contributed by atoms with Crippen LogP contribution in [0.3, 0.4) is 0 Å². The monoisotopic (exact) mass is 388 g/mol. The Morgan fingerprint density at radius 3 is 2.55 bits per heavy atom. The molecule has 0 N–H and O–H groups in total. The van der Waals surface area contributed by atoms with E-state index in [1.54, 1.807) is 11.0 Å². The molecule has 4 rings (SSSR count). The molecular formula is C24H24N2O3. The number of carbonyl (C=O) groups is 1. The van der Waals surface area contributed by atoms with Gasteiger partial charge in [0.15, 0.2) is 0 Å². The summed E-state index contributed by atoms with van der Waals surface area (Å²) in [6.07, 6.45) is 4.26. The summed E-state index contributed by atoms with van der Waals surface area (Å²) in [5, 5.41) is 0.776. The van der Waals surface area contributed by atoms with Crippen LogP contribution in [-0.2, 0) is 0 Å². The molecule has 0 saturated carbocycles. The van der Waals surface area contributed by atoms with Gasteiger partial charge in [0.25, 0.3) is 5.91 Å². The van der Waals surface area contributed by atoms with E-state index in [1.807, 2.05) is 43.3 Å². The van der Waals surface area contributed by atoms with Gasteiger partial charge in [-0.15, -0.1) is 0 Å². The Kier molecular flexibility index (Phi) is 5.58. The van der Waals surface area contributed by atoms with Crippen LogP contribution in [0.5, 0.6) is 0 Å². The smallest absolute Gasteiger partial charge is 0.349 e. The lowest BCUT2D eigenvalue weighted by Gasteiger charge is -2.34. The zero-order chi connectivity index (χ0) is 20.2. The minimum absolute atomic E-state index is 0.112. The van der Waals surface area contributed by atoms with Crippen molar-refractivity contribution in [2.75, 3.05) is 32.7 Å². The zero-order valence-electron chi connectivity index (χ0n) is 16.5. The Hall–Kier alpha value is -3.18. The standard InChI is InChI=1S/C24H24N2O3/c1-18-7-5-11-20-17-21(24(28)29-22(18)20)23(27)26-15-13-25(14-16-26)12-6-10-19-8-3-2-4-9-19/h2-11,17H,12-16H2,1H3/b10-6+. The van der Waals surface area contributed by atoms with Gasteiger partial charge in [0.1, 0.15) is 11.1 Å². The molecule has 5 nitrogen and oxygen atoms in total. The topological polar surface area (TPSA) is 53.8 Å². The van der Waals surface area contributed by atoms with Gasteiger partial charge in [-0.3, -0.25) is 9.69 Å². The first-order valence-corrected chi connectivity index (χ1v) is 9.88. The lowest BCUT2D eigenvalue weighted by Crippen LogP contribution is -2.49. The predicted molar refractivity (Wildman–Crippen MR) is 115 cm³/mol. The van der Waals surface area contributed by atoms with E-state index in [2.05, 4.69) is 29.2 Å². The summed E-state index contributed by atoms with van der Waals surface area (Å²) in [6.45, 7) is 5.49. The molecule has 1 aliphatic heterocycles. The van der Waals surface area contributed by atoms with Gasteiger partial charge in [-0.05, 0) is 24.1 Å². The van der Waals surface area contributed by atoms with Crippen molar-refractivity contribution in [1.29, 1.82) is 0 Å². The molecule has 1 fully saturated rings. The van der Waals surface area contributed by atoms with E-state index in [4.69, 9.17) is 4.42 Å². The average molecular weight is 388 g/mol. The lowest BCUT2D eigenvalue weighted by atomic mass is 10.1. The summed E-state index contributed by atoms with van der Waals surface area (Å²) in [4.78, 5) is 29.3. The summed E-state index contributed by atoms with van der Waals surface area (Å²) >= 11 is 0. The second-order valence-electron chi connectivity index (χ2n) is 7.35. The van der Waals surface area contributed by atoms with Gasteiger partial charge in [0.05, 0.1) is 0 Å². The molecule has 1 aliphatic rings. The van der Waals surface area contributed by atoms with E-state index in [0.717, 1.165) is 30.6 Å². The van der Waals surface area contributed by atoms with Crippen LogP contribution < -0.4 is 5.63 Å². The molecule has 0 aliphatic carbocycles. The van der Waals surface area contributed by atoms with Gasteiger partial charge in [0.2, 0.25) is 0 Å². The van der Waals surface area contributed by atoms with Crippen LogP contribution >= 0.6 is 0 Å². The Morgan fingerprint density at radius 1 is 1.03 bits per heavy atom. The number of fused-ring (bicyclic) bond motifs is 1. The van der Waals surface area contributed by atoms with Crippen LogP contribution in [-0.4, -0.2) is 48.4 Å². The largest absolute Gasteiger partial charge is 0.422 e. The molecule has 1 saturated heterocycles. The van der Waals surface area contributed by atoms with Gasteiger partial charge in [-0.25, -0.2) is 4.79 Å². The number of nitrogens with zero attached hydrogens (tertiary/aromatic N) is 2. The molecule has 1 amide bonds. The maximum absolute atomic E-state index is 12.9. The molecule has 0 atom stereocenters. The minimum Gasteiger partial charge on any atom is -0.422 e. The molecule has 2 aromatic carbocycles. The number of aryl methyl sites for hydroxylation is 1. The van der Waals surface area contributed by atoms with Gasteiger partial charge < -0.3 is 9.32 Å². The van der Waals surface area contributed by atoms with Crippen LogP contribution in [0.2, 0.25) is 0 Å². The van der Waals surface area contributed by atoms with Crippen LogP contribution in [0.25, 0.3) is 17.0 Å². The highest BCUT2D eigenvalue weighted by Gasteiger charge is 2.24. The molecule has 1 aromatic heterocycles. The van der Waals surface area contributed by atoms with Crippen molar-refractivity contribution in [2.24, 2.45) is 0 Å². The van der Waals surface area contributed by atoms with Gasteiger partial charge in [0, 0.05) is 38.1 Å². The highest BCUT2D eigenvalue weighted by atomic mass is 16.4. The minimum atomic E-state index is -0.565. The maximum Gasteiger partial charge on any atom is 0.349 e. The van der Waals surface area contributed by atoms with E-state index in [0.29, 0.717) is 18.7 Å². The number of hydrogen-bond acceptors (Lipinski definition) is 4.